The predicted octanol–water partition coefficient (Wildman–Crippen LogP) is 1.18. The maximum Gasteiger partial charge on any atom is 0.407 e. The zero-order valence-corrected chi connectivity index (χ0v) is 28.0. The number of hydrogen-bond donors (Lipinski definition) is 7. The second-order valence-corrected chi connectivity index (χ2v) is 12.9. The first-order chi connectivity index (χ1) is 24.5. The Labute approximate surface area is 294 Å². The summed E-state index contributed by atoms with van der Waals surface area (Å²) in [5.74, 6) is -5.06. The molecule has 0 saturated carbocycles. The Kier molecular flexibility index (Phi) is 11.7. The molecule has 8 N–H and O–H groups in total. The largest absolute Gasteiger partial charge is 0.481 e. The molecular weight excluding hydrogens is 662 g/mol. The van der Waals surface area contributed by atoms with E-state index in [9.17, 15) is 39.0 Å². The van der Waals surface area contributed by atoms with Crippen molar-refractivity contribution in [3.8, 4) is 11.1 Å². The van der Waals surface area contributed by atoms with Gasteiger partial charge in [-0.25, -0.2) is 9.59 Å². The molecule has 2 aliphatic heterocycles. The van der Waals surface area contributed by atoms with Crippen LogP contribution in [0.25, 0.3) is 11.1 Å². The second-order valence-electron chi connectivity index (χ2n) is 12.9. The Bertz CT molecular complexity index is 1640. The lowest BCUT2D eigenvalue weighted by Crippen LogP contribution is -2.57. The summed E-state index contributed by atoms with van der Waals surface area (Å²) >= 11 is 0. The van der Waals surface area contributed by atoms with E-state index in [4.69, 9.17) is 15.9 Å². The number of carboxylic acids is 2. The van der Waals surface area contributed by atoms with E-state index in [1.807, 2.05) is 48.5 Å². The number of guanidine groups is 1. The fourth-order valence-corrected chi connectivity index (χ4v) is 7.20. The van der Waals surface area contributed by atoms with Crippen molar-refractivity contribution < 1.29 is 43.7 Å². The lowest BCUT2D eigenvalue weighted by molar-refractivity contribution is -0.150. The molecule has 51 heavy (non-hydrogen) atoms. The second kappa shape index (κ2) is 16.4. The van der Waals surface area contributed by atoms with E-state index < -0.39 is 66.3 Å². The average molecular weight is 706 g/mol. The molecule has 2 saturated heterocycles. The van der Waals surface area contributed by atoms with Crippen LogP contribution >= 0.6 is 0 Å². The Morgan fingerprint density at radius 2 is 1.41 bits per heavy atom. The number of ether oxygens (including phenoxy) is 1. The third-order valence-corrected chi connectivity index (χ3v) is 9.57. The molecular formula is C35H43N7O9. The molecule has 0 unspecified atom stereocenters. The number of carbonyl (C=O) groups excluding carboxylic acids is 4. The summed E-state index contributed by atoms with van der Waals surface area (Å²) in [6.45, 7) is 0.484. The van der Waals surface area contributed by atoms with Gasteiger partial charge in [-0.3, -0.25) is 24.6 Å². The highest BCUT2D eigenvalue weighted by atomic mass is 16.5. The van der Waals surface area contributed by atoms with Gasteiger partial charge in [-0.05, 0) is 60.8 Å². The number of nitrogens with one attached hydrogen (secondary N) is 4. The SMILES string of the molecule is N=C(N)NCCC[C@H](NC(=O)[C@@H]1CCCN1C(=O)[C@H](CC(=O)O)NC(=O)OCC1c2ccccc2-c2ccccc21)C(=O)N1CCC[C@H]1C(=O)O. The molecule has 2 heterocycles. The third kappa shape index (κ3) is 8.56. The topological polar surface area (TPSA) is 245 Å². The number of rotatable bonds is 14. The van der Waals surface area contributed by atoms with Gasteiger partial charge >= 0.3 is 18.0 Å². The molecule has 0 spiro atoms. The van der Waals surface area contributed by atoms with Crippen LogP contribution in [0.4, 0.5) is 4.79 Å². The molecule has 5 rings (SSSR count). The highest BCUT2D eigenvalue weighted by Crippen LogP contribution is 2.44. The van der Waals surface area contributed by atoms with Gasteiger partial charge in [0.25, 0.3) is 0 Å². The number of carbonyl (C=O) groups is 6. The summed E-state index contributed by atoms with van der Waals surface area (Å²) in [5.41, 5.74) is 9.35. The smallest absolute Gasteiger partial charge is 0.407 e. The molecule has 0 radical (unpaired) electrons. The molecule has 2 aromatic rings. The monoisotopic (exact) mass is 705 g/mol. The van der Waals surface area contributed by atoms with E-state index in [1.165, 1.54) is 9.80 Å². The molecule has 4 atom stereocenters. The van der Waals surface area contributed by atoms with E-state index >= 15 is 0 Å². The van der Waals surface area contributed by atoms with Crippen LogP contribution in [0.1, 0.15) is 62.0 Å². The lowest BCUT2D eigenvalue weighted by atomic mass is 9.98. The van der Waals surface area contributed by atoms with Crippen LogP contribution in [-0.2, 0) is 28.7 Å². The van der Waals surface area contributed by atoms with E-state index in [0.717, 1.165) is 22.3 Å². The zero-order valence-electron chi connectivity index (χ0n) is 28.0. The molecule has 1 aliphatic carbocycles. The van der Waals surface area contributed by atoms with Gasteiger partial charge in [-0.1, -0.05) is 48.5 Å². The number of hydrogen-bond acceptors (Lipinski definition) is 8. The van der Waals surface area contributed by atoms with E-state index in [1.54, 1.807) is 0 Å². The van der Waals surface area contributed by atoms with Crippen molar-refractivity contribution >= 4 is 41.7 Å². The molecule has 2 fully saturated rings. The number of benzene rings is 2. The van der Waals surface area contributed by atoms with Crippen LogP contribution in [0.2, 0.25) is 0 Å². The Hall–Kier alpha value is -5.67. The predicted molar refractivity (Wildman–Crippen MR) is 182 cm³/mol. The number of alkyl carbamates (subject to hydrolysis) is 1. The minimum atomic E-state index is -1.54. The van der Waals surface area contributed by atoms with Crippen LogP contribution in [0, 0.1) is 5.41 Å². The first-order valence-corrected chi connectivity index (χ1v) is 17.0. The van der Waals surface area contributed by atoms with Crippen molar-refractivity contribution in [3.05, 3.63) is 59.7 Å². The number of amides is 4. The van der Waals surface area contributed by atoms with E-state index in [2.05, 4.69) is 16.0 Å². The Balaban J connectivity index is 1.25. The Morgan fingerprint density at radius 1 is 0.843 bits per heavy atom. The van der Waals surface area contributed by atoms with Crippen LogP contribution in [0.3, 0.4) is 0 Å². The fourth-order valence-electron chi connectivity index (χ4n) is 7.20. The molecule has 0 bridgehead atoms. The summed E-state index contributed by atoms with van der Waals surface area (Å²) in [5, 5.41) is 34.3. The van der Waals surface area contributed by atoms with Gasteiger partial charge in [0.1, 0.15) is 30.8 Å². The van der Waals surface area contributed by atoms with Crippen LogP contribution in [0.15, 0.2) is 48.5 Å². The summed E-state index contributed by atoms with van der Waals surface area (Å²) in [6, 6.07) is 10.7. The van der Waals surface area contributed by atoms with Crippen molar-refractivity contribution in [2.24, 2.45) is 5.73 Å². The van der Waals surface area contributed by atoms with E-state index in [0.29, 0.717) is 19.3 Å². The molecule has 2 aromatic carbocycles. The minimum Gasteiger partial charge on any atom is -0.481 e. The quantitative estimate of drug-likeness (QED) is 0.0836. The van der Waals surface area contributed by atoms with Crippen LogP contribution < -0.4 is 21.7 Å². The zero-order chi connectivity index (χ0) is 36.7. The molecule has 4 amide bonds. The lowest BCUT2D eigenvalue weighted by Gasteiger charge is -2.31. The normalized spacial score (nSPS) is 19.0. The maximum atomic E-state index is 13.8. The van der Waals surface area contributed by atoms with Crippen molar-refractivity contribution in [2.75, 3.05) is 26.2 Å². The number of nitrogens with two attached hydrogens (primary N) is 1. The van der Waals surface area contributed by atoms with Crippen molar-refractivity contribution in [2.45, 2.75) is 75.0 Å². The minimum absolute atomic E-state index is 0.0559. The average Bonchev–Trinajstić information content (AvgIpc) is 3.86. The first kappa shape index (κ1) is 36.6. The van der Waals surface area contributed by atoms with Gasteiger partial charge < -0.3 is 46.4 Å². The van der Waals surface area contributed by atoms with Gasteiger partial charge in [-0.15, -0.1) is 0 Å². The van der Waals surface area contributed by atoms with Gasteiger partial charge in [-0.2, -0.15) is 0 Å². The highest BCUT2D eigenvalue weighted by molar-refractivity contribution is 5.96. The van der Waals surface area contributed by atoms with Gasteiger partial charge in [0.05, 0.1) is 6.42 Å². The van der Waals surface area contributed by atoms with Crippen molar-refractivity contribution in [1.29, 1.82) is 5.41 Å². The molecule has 272 valence electrons. The van der Waals surface area contributed by atoms with Gasteiger partial charge in [0, 0.05) is 25.6 Å². The number of carboxylic acid groups (broad SMARTS) is 2. The first-order valence-electron chi connectivity index (χ1n) is 17.0. The standard InChI is InChI=1S/C35H43N7O9/c36-34(37)38-15-5-12-25(31(46)42-17-7-14-28(42)33(48)49)39-30(45)27-13-6-16-41(27)32(47)26(18-29(43)44)40-35(50)51-19-24-22-10-3-1-8-20(22)21-9-2-4-11-23(21)24/h1-4,8-11,24-28H,5-7,12-19H2,(H,39,45)(H,40,50)(H,43,44)(H,48,49)(H4,36,37,38)/t25-,26-,27-,28-/m0/s1. The fraction of sp³-hybridized carbons (Fsp3) is 0.457. The summed E-state index contributed by atoms with van der Waals surface area (Å²) in [7, 11) is 0. The third-order valence-electron chi connectivity index (χ3n) is 9.57. The Morgan fingerprint density at radius 3 is 2.00 bits per heavy atom. The molecule has 16 heteroatoms. The van der Waals surface area contributed by atoms with Crippen LogP contribution in [-0.4, -0.2) is 112 Å². The van der Waals surface area contributed by atoms with E-state index in [-0.39, 0.29) is 57.4 Å². The number of nitrogens with zero attached hydrogens (tertiary/aromatic N) is 2. The highest BCUT2D eigenvalue weighted by Gasteiger charge is 2.42. The number of likely N-dealkylation sites (tertiary alicyclic amines) is 2. The molecule has 3 aliphatic rings. The van der Waals surface area contributed by atoms with Gasteiger partial charge in [0.2, 0.25) is 17.7 Å². The summed E-state index contributed by atoms with van der Waals surface area (Å²) < 4.78 is 5.55. The molecule has 16 nitrogen and oxygen atoms in total. The van der Waals surface area contributed by atoms with Gasteiger partial charge in [0.15, 0.2) is 5.96 Å². The maximum absolute atomic E-state index is 13.8. The van der Waals surface area contributed by atoms with Crippen LogP contribution in [0.5, 0.6) is 0 Å². The summed E-state index contributed by atoms with van der Waals surface area (Å²) in [6.07, 6.45) is 0.0461. The van der Waals surface area contributed by atoms with Crippen molar-refractivity contribution in [1.82, 2.24) is 25.8 Å². The molecule has 0 aromatic heterocycles. The number of fused-ring (bicyclic) bond motifs is 3. The number of aliphatic carboxylic acids is 2. The van der Waals surface area contributed by atoms with Crippen molar-refractivity contribution in [3.63, 3.8) is 0 Å². The summed E-state index contributed by atoms with van der Waals surface area (Å²) in [4.78, 5) is 80.1.